The van der Waals surface area contributed by atoms with Crippen LogP contribution >= 0.6 is 0 Å². The van der Waals surface area contributed by atoms with Gasteiger partial charge in [-0.15, -0.1) is 0 Å². The highest BCUT2D eigenvalue weighted by atomic mass is 16.5. The molecular formula is C27H24N2O2. The van der Waals surface area contributed by atoms with Crippen LogP contribution in [-0.2, 0) is 4.79 Å². The van der Waals surface area contributed by atoms with Crippen molar-refractivity contribution >= 4 is 6.29 Å². The van der Waals surface area contributed by atoms with Gasteiger partial charge in [0.05, 0.1) is 11.4 Å². The van der Waals surface area contributed by atoms with E-state index < -0.39 is 0 Å². The summed E-state index contributed by atoms with van der Waals surface area (Å²) in [5.41, 5.74) is 5.35. The van der Waals surface area contributed by atoms with E-state index in [9.17, 15) is 4.79 Å². The zero-order valence-electron chi connectivity index (χ0n) is 17.4. The van der Waals surface area contributed by atoms with Crippen LogP contribution in [0.25, 0.3) is 5.69 Å². The predicted molar refractivity (Wildman–Crippen MR) is 121 cm³/mol. The van der Waals surface area contributed by atoms with Gasteiger partial charge >= 0.3 is 0 Å². The summed E-state index contributed by atoms with van der Waals surface area (Å²) in [7, 11) is 0. The number of ether oxygens (including phenoxy) is 1. The van der Waals surface area contributed by atoms with Crippen molar-refractivity contribution in [2.24, 2.45) is 0 Å². The molecule has 4 heteroatoms. The molecule has 3 atom stereocenters. The number of carbonyl (C=O) groups is 1. The van der Waals surface area contributed by atoms with Crippen molar-refractivity contribution in [3.05, 3.63) is 113 Å². The number of hydrogen-bond acceptors (Lipinski definition) is 3. The smallest absolute Gasteiger partial charge is 0.221 e. The number of benzene rings is 3. The molecule has 3 aromatic carbocycles. The predicted octanol–water partition coefficient (Wildman–Crippen LogP) is 5.45. The Morgan fingerprint density at radius 3 is 2.06 bits per heavy atom. The van der Waals surface area contributed by atoms with Gasteiger partial charge in [-0.25, -0.2) is 4.68 Å². The number of fused-ring (bicyclic) bond motifs is 1. The lowest BCUT2D eigenvalue weighted by atomic mass is 9.72. The molecule has 0 spiro atoms. The van der Waals surface area contributed by atoms with Gasteiger partial charge < -0.3 is 9.53 Å². The number of para-hydroxylation sites is 1. The minimum Gasteiger partial charge on any atom is -0.473 e. The fourth-order valence-electron chi connectivity index (χ4n) is 4.75. The van der Waals surface area contributed by atoms with Crippen molar-refractivity contribution in [3.8, 4) is 11.6 Å². The van der Waals surface area contributed by atoms with Crippen LogP contribution in [-0.4, -0.2) is 22.2 Å². The third-order valence-corrected chi connectivity index (χ3v) is 6.07. The van der Waals surface area contributed by atoms with E-state index in [2.05, 4.69) is 36.4 Å². The number of aryl methyl sites for hydroxylation is 1. The number of nitrogens with zero attached hydrogens (tertiary/aromatic N) is 2. The van der Waals surface area contributed by atoms with Gasteiger partial charge in [-0.3, -0.25) is 0 Å². The van der Waals surface area contributed by atoms with Crippen molar-refractivity contribution < 1.29 is 9.53 Å². The van der Waals surface area contributed by atoms with Crippen molar-refractivity contribution in [3.63, 3.8) is 0 Å². The fourth-order valence-corrected chi connectivity index (χ4v) is 4.75. The molecule has 1 aliphatic rings. The zero-order valence-corrected chi connectivity index (χ0v) is 17.4. The first-order chi connectivity index (χ1) is 15.3. The van der Waals surface area contributed by atoms with E-state index in [1.165, 1.54) is 11.1 Å². The number of carbonyl (C=O) groups excluding carboxylic acids is 1. The lowest BCUT2D eigenvalue weighted by Gasteiger charge is -2.39. The number of aromatic nitrogens is 2. The van der Waals surface area contributed by atoms with Crippen LogP contribution in [0.2, 0.25) is 0 Å². The standard InChI is InChI=1S/C27H24N2O2/c1-19-24-26(21-13-7-3-8-14-21)25(20-11-5-2-6-12-20)23(17-18-30)31-27(24)29(28-19)22-15-9-4-10-16-22/h2-16,18,23,25-26H,17H2,1H3/t23-,25-,26-/m1/s1. The topological polar surface area (TPSA) is 44.1 Å². The maximum absolute atomic E-state index is 11.7. The van der Waals surface area contributed by atoms with Crippen molar-refractivity contribution in [2.45, 2.75) is 31.3 Å². The monoisotopic (exact) mass is 408 g/mol. The van der Waals surface area contributed by atoms with Crippen LogP contribution in [0.15, 0.2) is 91.0 Å². The van der Waals surface area contributed by atoms with E-state index in [0.29, 0.717) is 6.42 Å². The zero-order chi connectivity index (χ0) is 21.2. The summed E-state index contributed by atoms with van der Waals surface area (Å²) < 4.78 is 8.44. The molecule has 0 aliphatic carbocycles. The minimum absolute atomic E-state index is 0.00780. The Bertz CT molecular complexity index is 1170. The number of hydrogen-bond donors (Lipinski definition) is 0. The maximum Gasteiger partial charge on any atom is 0.221 e. The summed E-state index contributed by atoms with van der Waals surface area (Å²) in [4.78, 5) is 11.7. The third-order valence-electron chi connectivity index (χ3n) is 6.07. The molecule has 154 valence electrons. The molecule has 0 amide bonds. The van der Waals surface area contributed by atoms with Gasteiger partial charge in [-0.2, -0.15) is 5.10 Å². The summed E-state index contributed by atoms with van der Waals surface area (Å²) >= 11 is 0. The highest BCUT2D eigenvalue weighted by Crippen LogP contribution is 2.51. The molecule has 31 heavy (non-hydrogen) atoms. The van der Waals surface area contributed by atoms with Crippen molar-refractivity contribution in [1.29, 1.82) is 0 Å². The second-order valence-corrected chi connectivity index (χ2v) is 7.94. The largest absolute Gasteiger partial charge is 0.473 e. The van der Waals surface area contributed by atoms with Crippen molar-refractivity contribution in [1.82, 2.24) is 9.78 Å². The molecule has 0 saturated carbocycles. The van der Waals surface area contributed by atoms with Crippen LogP contribution in [0.5, 0.6) is 5.88 Å². The maximum atomic E-state index is 11.7. The van der Waals surface area contributed by atoms with Gasteiger partial charge in [0.2, 0.25) is 5.88 Å². The Balaban J connectivity index is 1.75. The number of rotatable bonds is 5. The van der Waals surface area contributed by atoms with Gasteiger partial charge in [0, 0.05) is 23.8 Å². The lowest BCUT2D eigenvalue weighted by molar-refractivity contribution is -0.109. The van der Waals surface area contributed by atoms with Gasteiger partial charge in [0.1, 0.15) is 12.4 Å². The molecule has 0 N–H and O–H groups in total. The summed E-state index contributed by atoms with van der Waals surface area (Å²) in [6, 6.07) is 30.9. The Morgan fingerprint density at radius 1 is 0.871 bits per heavy atom. The minimum atomic E-state index is -0.281. The normalized spacial score (nSPS) is 20.0. The second-order valence-electron chi connectivity index (χ2n) is 7.94. The average Bonchev–Trinajstić information content (AvgIpc) is 3.16. The summed E-state index contributed by atoms with van der Waals surface area (Å²) in [6.45, 7) is 2.04. The molecule has 1 aliphatic heterocycles. The molecule has 2 heterocycles. The van der Waals surface area contributed by atoms with Gasteiger partial charge in [-0.05, 0) is 30.2 Å². The molecule has 1 aromatic heterocycles. The molecule has 0 fully saturated rings. The lowest BCUT2D eigenvalue weighted by Crippen LogP contribution is -2.36. The average molecular weight is 409 g/mol. The fraction of sp³-hybridized carbons (Fsp3) is 0.185. The summed E-state index contributed by atoms with van der Waals surface area (Å²) in [6.07, 6.45) is 1.00. The van der Waals surface area contributed by atoms with Crippen molar-refractivity contribution in [2.75, 3.05) is 0 Å². The first kappa shape index (κ1) is 19.3. The van der Waals surface area contributed by atoms with Gasteiger partial charge in [0.15, 0.2) is 0 Å². The van der Waals surface area contributed by atoms with E-state index in [-0.39, 0.29) is 17.9 Å². The summed E-state index contributed by atoms with van der Waals surface area (Å²) in [5.74, 6) is 0.778. The SMILES string of the molecule is Cc1nn(-c2ccccc2)c2c1[C@@H](c1ccccc1)[C@H](c1ccccc1)[C@@H](CC=O)O2. The summed E-state index contributed by atoms with van der Waals surface area (Å²) in [5, 5.41) is 4.86. The Labute approximate surface area is 182 Å². The van der Waals surface area contributed by atoms with E-state index in [1.54, 1.807) is 0 Å². The van der Waals surface area contributed by atoms with Gasteiger partial charge in [-0.1, -0.05) is 78.9 Å². The third kappa shape index (κ3) is 3.44. The first-order valence-corrected chi connectivity index (χ1v) is 10.6. The Hall–Kier alpha value is -3.66. The highest BCUT2D eigenvalue weighted by molar-refractivity contribution is 5.55. The molecule has 0 bridgehead atoms. The second kappa shape index (κ2) is 8.23. The molecule has 4 nitrogen and oxygen atoms in total. The molecule has 0 radical (unpaired) electrons. The quantitative estimate of drug-likeness (QED) is 0.413. The molecular weight excluding hydrogens is 384 g/mol. The Morgan fingerprint density at radius 2 is 1.45 bits per heavy atom. The van der Waals surface area contributed by atoms with Crippen LogP contribution in [0.3, 0.4) is 0 Å². The molecule has 0 unspecified atom stereocenters. The van der Waals surface area contributed by atoms with E-state index in [0.717, 1.165) is 29.1 Å². The first-order valence-electron chi connectivity index (χ1n) is 10.6. The van der Waals surface area contributed by atoms with Crippen LogP contribution in [0.1, 0.15) is 40.6 Å². The number of aldehydes is 1. The molecule has 5 rings (SSSR count). The van der Waals surface area contributed by atoms with E-state index in [1.807, 2.05) is 66.2 Å². The molecule has 4 aromatic rings. The van der Waals surface area contributed by atoms with Crippen LogP contribution in [0, 0.1) is 6.92 Å². The van der Waals surface area contributed by atoms with Crippen LogP contribution < -0.4 is 4.74 Å². The Kier molecular flexibility index (Phi) is 5.13. The highest BCUT2D eigenvalue weighted by Gasteiger charge is 2.43. The van der Waals surface area contributed by atoms with E-state index >= 15 is 0 Å². The van der Waals surface area contributed by atoms with E-state index in [4.69, 9.17) is 9.84 Å². The van der Waals surface area contributed by atoms with Crippen LogP contribution in [0.4, 0.5) is 0 Å². The molecule has 0 saturated heterocycles. The van der Waals surface area contributed by atoms with Gasteiger partial charge in [0.25, 0.3) is 0 Å².